The van der Waals surface area contributed by atoms with Crippen LogP contribution in [0.3, 0.4) is 0 Å². The molecule has 0 atom stereocenters. The molecule has 5 nitrogen and oxygen atoms in total. The first-order valence-electron chi connectivity index (χ1n) is 9.44. The van der Waals surface area contributed by atoms with E-state index >= 15 is 0 Å². The molecule has 2 aliphatic heterocycles. The number of amides is 1. The molecule has 6 heteroatoms. The van der Waals surface area contributed by atoms with Crippen molar-refractivity contribution in [1.82, 2.24) is 9.21 Å². The fourth-order valence-corrected chi connectivity index (χ4v) is 5.15. The molecule has 2 aliphatic rings. The standard InChI is InChI=1S/C19H28N2O3S/c22-19(20-13-3-1-2-4-14-20)12-9-17-7-10-18(11-8-17)25(23,24)21-15-5-6-16-21/h7-8,10-11H,1-6,9,12-16H2. The van der Waals surface area contributed by atoms with Gasteiger partial charge in [-0.15, -0.1) is 0 Å². The summed E-state index contributed by atoms with van der Waals surface area (Å²) in [5.74, 6) is 0.218. The Morgan fingerprint density at radius 3 is 2.00 bits per heavy atom. The summed E-state index contributed by atoms with van der Waals surface area (Å²) in [7, 11) is -3.35. The number of carbonyl (C=O) groups excluding carboxylic acids is 1. The Balaban J connectivity index is 1.56. The van der Waals surface area contributed by atoms with Gasteiger partial charge in [0.1, 0.15) is 0 Å². The molecule has 138 valence electrons. The number of rotatable bonds is 5. The molecule has 25 heavy (non-hydrogen) atoms. The summed E-state index contributed by atoms with van der Waals surface area (Å²) in [6.45, 7) is 3.00. The van der Waals surface area contributed by atoms with Gasteiger partial charge in [0.05, 0.1) is 4.90 Å². The highest BCUT2D eigenvalue weighted by molar-refractivity contribution is 7.89. The zero-order valence-corrected chi connectivity index (χ0v) is 15.6. The highest BCUT2D eigenvalue weighted by Crippen LogP contribution is 2.21. The van der Waals surface area contributed by atoms with E-state index in [-0.39, 0.29) is 5.91 Å². The molecule has 0 saturated carbocycles. The predicted molar refractivity (Wildman–Crippen MR) is 97.8 cm³/mol. The quantitative estimate of drug-likeness (QED) is 0.807. The summed E-state index contributed by atoms with van der Waals surface area (Å²) < 4.78 is 26.6. The molecule has 2 heterocycles. The summed E-state index contributed by atoms with van der Waals surface area (Å²) in [5.41, 5.74) is 1.02. The molecule has 1 amide bonds. The predicted octanol–water partition coefficient (Wildman–Crippen LogP) is 2.81. The Bertz CT molecular complexity index is 671. The van der Waals surface area contributed by atoms with Crippen LogP contribution in [0.1, 0.15) is 50.5 Å². The van der Waals surface area contributed by atoms with Crippen LogP contribution in [0.15, 0.2) is 29.2 Å². The third-order valence-corrected chi connectivity index (χ3v) is 7.13. The summed E-state index contributed by atoms with van der Waals surface area (Å²) in [5, 5.41) is 0. The summed E-state index contributed by atoms with van der Waals surface area (Å²) in [6, 6.07) is 7.05. The molecule has 0 aromatic heterocycles. The van der Waals surface area contributed by atoms with Crippen molar-refractivity contribution in [2.45, 2.75) is 56.3 Å². The fraction of sp³-hybridized carbons (Fsp3) is 0.632. The van der Waals surface area contributed by atoms with Gasteiger partial charge in [0.2, 0.25) is 15.9 Å². The van der Waals surface area contributed by atoms with E-state index < -0.39 is 10.0 Å². The Morgan fingerprint density at radius 2 is 1.40 bits per heavy atom. The molecule has 0 bridgehead atoms. The topological polar surface area (TPSA) is 57.7 Å². The average Bonchev–Trinajstić information content (AvgIpc) is 3.04. The van der Waals surface area contributed by atoms with Crippen molar-refractivity contribution >= 4 is 15.9 Å². The van der Waals surface area contributed by atoms with Crippen LogP contribution in [0.5, 0.6) is 0 Å². The normalized spacial score (nSPS) is 19.8. The molecule has 0 radical (unpaired) electrons. The van der Waals surface area contributed by atoms with Crippen LogP contribution in [0.25, 0.3) is 0 Å². The van der Waals surface area contributed by atoms with Crippen molar-refractivity contribution in [2.75, 3.05) is 26.2 Å². The van der Waals surface area contributed by atoms with Crippen molar-refractivity contribution in [3.05, 3.63) is 29.8 Å². The molecule has 0 aliphatic carbocycles. The van der Waals surface area contributed by atoms with Gasteiger partial charge < -0.3 is 4.90 Å². The van der Waals surface area contributed by atoms with Gasteiger partial charge in [0, 0.05) is 32.6 Å². The smallest absolute Gasteiger partial charge is 0.243 e. The van der Waals surface area contributed by atoms with Crippen LogP contribution in [0.2, 0.25) is 0 Å². The number of nitrogens with zero attached hydrogens (tertiary/aromatic N) is 2. The Hall–Kier alpha value is -1.40. The first-order valence-corrected chi connectivity index (χ1v) is 10.9. The van der Waals surface area contributed by atoms with Crippen molar-refractivity contribution < 1.29 is 13.2 Å². The minimum absolute atomic E-state index is 0.218. The molecule has 1 aromatic carbocycles. The second-order valence-electron chi connectivity index (χ2n) is 7.05. The second-order valence-corrected chi connectivity index (χ2v) is 8.99. The third-order valence-electron chi connectivity index (χ3n) is 5.21. The first kappa shape index (κ1) is 18.4. The van der Waals surface area contributed by atoms with Gasteiger partial charge in [-0.1, -0.05) is 25.0 Å². The zero-order chi connectivity index (χ0) is 17.7. The van der Waals surface area contributed by atoms with Crippen LogP contribution in [0, 0.1) is 0 Å². The van der Waals surface area contributed by atoms with Crippen molar-refractivity contribution in [3.8, 4) is 0 Å². The monoisotopic (exact) mass is 364 g/mol. The molecule has 1 aromatic rings. The highest BCUT2D eigenvalue weighted by Gasteiger charge is 2.26. The Kier molecular flexibility index (Phi) is 6.12. The Labute approximate surface area is 151 Å². The van der Waals surface area contributed by atoms with Crippen LogP contribution in [-0.4, -0.2) is 49.7 Å². The molecule has 2 fully saturated rings. The van der Waals surface area contributed by atoms with E-state index in [1.807, 2.05) is 17.0 Å². The number of aryl methyl sites for hydroxylation is 1. The zero-order valence-electron chi connectivity index (χ0n) is 14.8. The maximum atomic E-state index is 12.5. The van der Waals surface area contributed by atoms with Crippen LogP contribution in [-0.2, 0) is 21.2 Å². The van der Waals surface area contributed by atoms with E-state index in [1.165, 1.54) is 12.8 Å². The molecule has 0 spiro atoms. The highest BCUT2D eigenvalue weighted by atomic mass is 32.2. The van der Waals surface area contributed by atoms with Crippen molar-refractivity contribution in [1.29, 1.82) is 0 Å². The number of hydrogen-bond acceptors (Lipinski definition) is 3. The molecule has 0 unspecified atom stereocenters. The minimum atomic E-state index is -3.35. The summed E-state index contributed by atoms with van der Waals surface area (Å²) >= 11 is 0. The summed E-state index contributed by atoms with van der Waals surface area (Å²) in [6.07, 6.45) is 7.69. The average molecular weight is 365 g/mol. The van der Waals surface area contributed by atoms with Gasteiger partial charge in [-0.3, -0.25) is 4.79 Å². The lowest BCUT2D eigenvalue weighted by Crippen LogP contribution is -2.31. The minimum Gasteiger partial charge on any atom is -0.343 e. The van der Waals surface area contributed by atoms with Crippen molar-refractivity contribution in [3.63, 3.8) is 0 Å². The molecule has 3 rings (SSSR count). The fourth-order valence-electron chi connectivity index (χ4n) is 3.64. The Morgan fingerprint density at radius 1 is 0.840 bits per heavy atom. The van der Waals surface area contributed by atoms with Gasteiger partial charge in [0.15, 0.2) is 0 Å². The SMILES string of the molecule is O=C(CCc1ccc(S(=O)(=O)N2CCCC2)cc1)N1CCCCCC1. The van der Waals surface area contributed by atoms with E-state index in [0.717, 1.165) is 44.3 Å². The lowest BCUT2D eigenvalue weighted by Gasteiger charge is -2.20. The molecule has 2 saturated heterocycles. The molecular weight excluding hydrogens is 336 g/mol. The van der Waals surface area contributed by atoms with Crippen LogP contribution >= 0.6 is 0 Å². The largest absolute Gasteiger partial charge is 0.343 e. The van der Waals surface area contributed by atoms with Crippen LogP contribution in [0.4, 0.5) is 0 Å². The second kappa shape index (κ2) is 8.32. The first-order chi connectivity index (χ1) is 12.1. The van der Waals surface area contributed by atoms with Gasteiger partial charge in [0.25, 0.3) is 0 Å². The number of likely N-dealkylation sites (tertiary alicyclic amines) is 1. The van der Waals surface area contributed by atoms with E-state index in [2.05, 4.69) is 0 Å². The number of carbonyl (C=O) groups is 1. The lowest BCUT2D eigenvalue weighted by atomic mass is 10.1. The van der Waals surface area contributed by atoms with E-state index in [9.17, 15) is 13.2 Å². The van der Waals surface area contributed by atoms with E-state index in [4.69, 9.17) is 0 Å². The molecular formula is C19H28N2O3S. The lowest BCUT2D eigenvalue weighted by molar-refractivity contribution is -0.131. The van der Waals surface area contributed by atoms with Crippen molar-refractivity contribution in [2.24, 2.45) is 0 Å². The third kappa shape index (κ3) is 4.61. The molecule has 0 N–H and O–H groups in total. The van der Waals surface area contributed by atoms with E-state index in [1.54, 1.807) is 16.4 Å². The maximum absolute atomic E-state index is 12.5. The number of sulfonamides is 1. The number of benzene rings is 1. The van der Waals surface area contributed by atoms with Gasteiger partial charge in [-0.2, -0.15) is 4.31 Å². The van der Waals surface area contributed by atoms with Crippen LogP contribution < -0.4 is 0 Å². The summed E-state index contributed by atoms with van der Waals surface area (Å²) in [4.78, 5) is 14.7. The number of hydrogen-bond donors (Lipinski definition) is 0. The van der Waals surface area contributed by atoms with Gasteiger partial charge in [-0.25, -0.2) is 8.42 Å². The van der Waals surface area contributed by atoms with Gasteiger partial charge in [-0.05, 0) is 49.8 Å². The van der Waals surface area contributed by atoms with Gasteiger partial charge >= 0.3 is 0 Å². The van der Waals surface area contributed by atoms with E-state index in [0.29, 0.717) is 30.8 Å². The maximum Gasteiger partial charge on any atom is 0.243 e.